The summed E-state index contributed by atoms with van der Waals surface area (Å²) in [5.74, 6) is -0.190. The first-order chi connectivity index (χ1) is 13.5. The van der Waals surface area contributed by atoms with Gasteiger partial charge in [0, 0.05) is 11.8 Å². The number of nitrogens with zero attached hydrogens (tertiary/aromatic N) is 4. The largest absolute Gasteiger partial charge is 0.487 e. The molecule has 2 aromatic heterocycles. The Morgan fingerprint density at radius 1 is 1.36 bits per heavy atom. The van der Waals surface area contributed by atoms with Gasteiger partial charge in [0.2, 0.25) is 0 Å². The fourth-order valence-electron chi connectivity index (χ4n) is 3.06. The molecule has 1 N–H and O–H groups in total. The Balaban J connectivity index is 1.86. The summed E-state index contributed by atoms with van der Waals surface area (Å²) in [4.78, 5) is 17.0. The Bertz CT molecular complexity index is 1120. The van der Waals surface area contributed by atoms with Gasteiger partial charge < -0.3 is 14.8 Å². The van der Waals surface area contributed by atoms with Gasteiger partial charge in [-0.25, -0.2) is 18.7 Å². The molecule has 2 bridgehead atoms. The summed E-state index contributed by atoms with van der Waals surface area (Å²) in [5.41, 5.74) is 0.724. The highest BCUT2D eigenvalue weighted by molar-refractivity contribution is 5.98. The van der Waals surface area contributed by atoms with Gasteiger partial charge in [0.25, 0.3) is 0 Å². The van der Waals surface area contributed by atoms with Gasteiger partial charge in [0.05, 0.1) is 6.04 Å². The molecule has 0 spiro atoms. The van der Waals surface area contributed by atoms with Crippen LogP contribution in [0.4, 0.5) is 10.2 Å². The van der Waals surface area contributed by atoms with E-state index in [0.717, 1.165) is 0 Å². The van der Waals surface area contributed by atoms with Gasteiger partial charge in [-0.05, 0) is 38.1 Å². The first-order valence-electron chi connectivity index (χ1n) is 8.65. The fraction of sp³-hybridized carbons (Fsp3) is 0.263. The quantitative estimate of drug-likeness (QED) is 0.598. The molecular weight excluding hydrogens is 365 g/mol. The first-order valence-corrected chi connectivity index (χ1v) is 8.65. The molecule has 8 nitrogen and oxygen atoms in total. The van der Waals surface area contributed by atoms with Crippen LogP contribution in [0.25, 0.3) is 5.65 Å². The zero-order valence-corrected chi connectivity index (χ0v) is 15.1. The van der Waals surface area contributed by atoms with Crippen LogP contribution in [0.3, 0.4) is 0 Å². The molecule has 142 valence electrons. The number of cyclic esters (lactones) is 1. The third-order valence-electron chi connectivity index (χ3n) is 4.38. The summed E-state index contributed by atoms with van der Waals surface area (Å²) >= 11 is 0. The highest BCUT2D eigenvalue weighted by atomic mass is 19.1. The lowest BCUT2D eigenvalue weighted by Crippen LogP contribution is -2.23. The molecule has 0 saturated carbocycles. The van der Waals surface area contributed by atoms with Gasteiger partial charge in [-0.1, -0.05) is 0 Å². The summed E-state index contributed by atoms with van der Waals surface area (Å²) in [6.07, 6.45) is 1.09. The summed E-state index contributed by atoms with van der Waals surface area (Å²) in [6, 6.07) is 7.44. The maximum absolute atomic E-state index is 13.8. The van der Waals surface area contributed by atoms with Gasteiger partial charge in [-0.2, -0.15) is 10.4 Å². The number of rotatable bonds is 0. The van der Waals surface area contributed by atoms with Gasteiger partial charge >= 0.3 is 5.97 Å². The third kappa shape index (κ3) is 3.09. The molecule has 28 heavy (non-hydrogen) atoms. The number of nitrogens with one attached hydrogen (secondary N) is 1. The normalized spacial score (nSPS) is 19.3. The van der Waals surface area contributed by atoms with E-state index in [-0.39, 0.29) is 35.4 Å². The maximum Gasteiger partial charge on any atom is 0.345 e. The van der Waals surface area contributed by atoms with Crippen molar-refractivity contribution in [2.24, 2.45) is 0 Å². The predicted molar refractivity (Wildman–Crippen MR) is 96.5 cm³/mol. The second-order valence-electron chi connectivity index (χ2n) is 6.49. The van der Waals surface area contributed by atoms with E-state index in [1.54, 1.807) is 25.3 Å². The number of anilines is 1. The minimum atomic E-state index is -0.710. The lowest BCUT2D eigenvalue weighted by atomic mass is 10.1. The van der Waals surface area contributed by atoms with E-state index in [2.05, 4.69) is 15.4 Å². The van der Waals surface area contributed by atoms with Crippen LogP contribution in [0, 0.1) is 17.1 Å². The van der Waals surface area contributed by atoms with Crippen molar-refractivity contribution in [2.45, 2.75) is 26.0 Å². The van der Waals surface area contributed by atoms with Gasteiger partial charge in [0.15, 0.2) is 11.3 Å². The average Bonchev–Trinajstić information content (AvgIpc) is 3.04. The number of ether oxygens (including phenoxy) is 2. The van der Waals surface area contributed by atoms with Crippen LogP contribution < -0.4 is 10.1 Å². The monoisotopic (exact) mass is 381 g/mol. The molecule has 0 amide bonds. The number of nitriles is 1. The molecule has 1 aliphatic heterocycles. The molecule has 0 fully saturated rings. The standard InChI is InChI=1S/C19H16FN5O3/c1-10-9-27-19(26)17-14(8-21)24-25-6-5-16(23-18(17)25)22-11(2)13-7-12(20)3-4-15(13)28-10/h3-7,10-11H,9H2,1-2H3,(H,22,23)/t10-,11?/m0/s1. The number of esters is 1. The Morgan fingerprint density at radius 2 is 2.18 bits per heavy atom. The second kappa shape index (κ2) is 6.81. The molecule has 1 unspecified atom stereocenters. The number of hydrogen-bond acceptors (Lipinski definition) is 7. The minimum absolute atomic E-state index is 0.00573. The van der Waals surface area contributed by atoms with Crippen LogP contribution in [0.15, 0.2) is 30.5 Å². The second-order valence-corrected chi connectivity index (χ2v) is 6.49. The Kier molecular flexibility index (Phi) is 4.31. The number of halogens is 1. The fourth-order valence-corrected chi connectivity index (χ4v) is 3.06. The number of carbonyl (C=O) groups excluding carboxylic acids is 1. The van der Waals surface area contributed by atoms with E-state index in [1.807, 2.05) is 13.0 Å². The Morgan fingerprint density at radius 3 is 2.96 bits per heavy atom. The van der Waals surface area contributed by atoms with Crippen LogP contribution in [0.5, 0.6) is 5.75 Å². The molecule has 3 aromatic rings. The number of fused-ring (bicyclic) bond motifs is 2. The highest BCUT2D eigenvalue weighted by Gasteiger charge is 2.25. The van der Waals surface area contributed by atoms with Crippen molar-refractivity contribution in [3.8, 4) is 11.8 Å². The smallest absolute Gasteiger partial charge is 0.345 e. The van der Waals surface area contributed by atoms with Gasteiger partial charge in [-0.15, -0.1) is 0 Å². The van der Waals surface area contributed by atoms with E-state index in [9.17, 15) is 14.4 Å². The summed E-state index contributed by atoms with van der Waals surface area (Å²) in [7, 11) is 0. The molecule has 4 rings (SSSR count). The Labute approximate surface area is 159 Å². The molecule has 0 saturated heterocycles. The van der Waals surface area contributed by atoms with E-state index >= 15 is 0 Å². The van der Waals surface area contributed by atoms with Crippen molar-refractivity contribution in [1.29, 1.82) is 5.26 Å². The zero-order chi connectivity index (χ0) is 19.8. The molecular formula is C19H16FN5O3. The van der Waals surface area contributed by atoms with Crippen molar-refractivity contribution < 1.29 is 18.7 Å². The molecule has 0 radical (unpaired) electrons. The molecule has 9 heteroatoms. The van der Waals surface area contributed by atoms with E-state index in [4.69, 9.17) is 9.47 Å². The van der Waals surface area contributed by atoms with Crippen LogP contribution >= 0.6 is 0 Å². The molecule has 1 aromatic carbocycles. The van der Waals surface area contributed by atoms with Crippen LogP contribution in [0.1, 0.15) is 41.5 Å². The lowest BCUT2D eigenvalue weighted by Gasteiger charge is -2.21. The highest BCUT2D eigenvalue weighted by Crippen LogP contribution is 2.30. The molecule has 3 heterocycles. The van der Waals surface area contributed by atoms with Gasteiger partial charge in [0.1, 0.15) is 41.7 Å². The van der Waals surface area contributed by atoms with Crippen molar-refractivity contribution in [3.05, 3.63) is 53.1 Å². The summed E-state index contributed by atoms with van der Waals surface area (Å²) < 4.78 is 26.4. The molecule has 2 atom stereocenters. The zero-order valence-electron chi connectivity index (χ0n) is 15.1. The van der Waals surface area contributed by atoms with Crippen LogP contribution in [-0.4, -0.2) is 33.3 Å². The molecule has 0 aliphatic carbocycles. The van der Waals surface area contributed by atoms with Crippen molar-refractivity contribution in [2.75, 3.05) is 11.9 Å². The van der Waals surface area contributed by atoms with E-state index < -0.39 is 12.1 Å². The number of aromatic nitrogens is 3. The van der Waals surface area contributed by atoms with Crippen LogP contribution in [0.2, 0.25) is 0 Å². The SMILES string of the molecule is CC1Nc2ccn3nc(C#N)c(c3n2)C(=O)OC[C@H](C)Oc2ccc(F)cc21. The topological polar surface area (TPSA) is 102 Å². The number of hydrogen-bond donors (Lipinski definition) is 1. The number of benzene rings is 1. The maximum atomic E-state index is 13.8. The van der Waals surface area contributed by atoms with Crippen LogP contribution in [-0.2, 0) is 4.74 Å². The minimum Gasteiger partial charge on any atom is -0.487 e. The van der Waals surface area contributed by atoms with E-state index in [0.29, 0.717) is 17.1 Å². The van der Waals surface area contributed by atoms with Crippen molar-refractivity contribution in [1.82, 2.24) is 14.6 Å². The van der Waals surface area contributed by atoms with Gasteiger partial charge in [-0.3, -0.25) is 0 Å². The Hall–Kier alpha value is -3.67. The van der Waals surface area contributed by atoms with Crippen molar-refractivity contribution in [3.63, 3.8) is 0 Å². The molecule has 1 aliphatic rings. The third-order valence-corrected chi connectivity index (χ3v) is 4.38. The predicted octanol–water partition coefficient (Wildman–Crippen LogP) is 2.85. The summed E-state index contributed by atoms with van der Waals surface area (Å²) in [5, 5.41) is 16.6. The summed E-state index contributed by atoms with van der Waals surface area (Å²) in [6.45, 7) is 3.52. The average molecular weight is 381 g/mol. The van der Waals surface area contributed by atoms with E-state index in [1.165, 1.54) is 16.6 Å². The lowest BCUT2D eigenvalue weighted by molar-refractivity contribution is 0.0341. The van der Waals surface area contributed by atoms with Crippen molar-refractivity contribution >= 4 is 17.4 Å². The number of carbonyl (C=O) groups is 1. The first kappa shape index (κ1) is 17.7.